The molecule has 2 rings (SSSR count). The average molecular weight is 213 g/mol. The summed E-state index contributed by atoms with van der Waals surface area (Å²) in [6.45, 7) is 2.97. The van der Waals surface area contributed by atoms with Crippen LogP contribution in [0.5, 0.6) is 0 Å². The topological polar surface area (TPSA) is 50.3 Å². The van der Waals surface area contributed by atoms with Gasteiger partial charge in [0.05, 0.1) is 26.3 Å². The van der Waals surface area contributed by atoms with E-state index < -0.39 is 0 Å². The highest BCUT2D eigenvalue weighted by Crippen LogP contribution is 1.96. The van der Waals surface area contributed by atoms with Gasteiger partial charge in [-0.25, -0.2) is 4.68 Å². The summed E-state index contributed by atoms with van der Waals surface area (Å²) in [6, 6.07) is 1.46. The van der Waals surface area contributed by atoms with Gasteiger partial charge in [0.15, 0.2) is 4.77 Å². The molecule has 1 fully saturated rings. The van der Waals surface area contributed by atoms with Gasteiger partial charge in [-0.05, 0) is 12.2 Å². The Balaban J connectivity index is 2.31. The number of nitrogens with zero attached hydrogens (tertiary/aromatic N) is 2. The van der Waals surface area contributed by atoms with Crippen LogP contribution in [-0.2, 0) is 4.74 Å². The first-order valence-electron chi connectivity index (χ1n) is 4.42. The van der Waals surface area contributed by atoms with E-state index in [1.807, 2.05) is 5.01 Å². The van der Waals surface area contributed by atoms with Crippen LogP contribution in [0.4, 0.5) is 0 Å². The summed E-state index contributed by atoms with van der Waals surface area (Å²) in [7, 11) is 0. The number of hydrogen-bond acceptors (Lipinski definition) is 4. The molecule has 0 spiro atoms. The van der Waals surface area contributed by atoms with Gasteiger partial charge in [0.25, 0.3) is 5.56 Å². The van der Waals surface area contributed by atoms with Gasteiger partial charge in [0.1, 0.15) is 0 Å². The van der Waals surface area contributed by atoms with E-state index in [4.69, 9.17) is 17.0 Å². The molecule has 1 N–H and O–H groups in total. The van der Waals surface area contributed by atoms with Gasteiger partial charge in [-0.1, -0.05) is 0 Å². The standard InChI is InChI=1S/C8H11N3O2S/c12-7-1-2-11(8(14)9-7)10-3-5-13-6-4-10/h1-2H,3-6H2,(H,9,12,14). The first-order valence-corrected chi connectivity index (χ1v) is 4.83. The Morgan fingerprint density at radius 3 is 2.79 bits per heavy atom. The molecule has 1 aromatic heterocycles. The van der Waals surface area contributed by atoms with E-state index in [1.54, 1.807) is 10.9 Å². The summed E-state index contributed by atoms with van der Waals surface area (Å²) in [5, 5.41) is 2.04. The molecule has 0 atom stereocenters. The summed E-state index contributed by atoms with van der Waals surface area (Å²) in [4.78, 5) is 13.5. The molecule has 0 aromatic carbocycles. The number of H-pyrrole nitrogens is 1. The fourth-order valence-electron chi connectivity index (χ4n) is 1.40. The Labute approximate surface area is 85.9 Å². The van der Waals surface area contributed by atoms with Gasteiger partial charge < -0.3 is 9.75 Å². The van der Waals surface area contributed by atoms with Crippen molar-refractivity contribution in [3.63, 3.8) is 0 Å². The third kappa shape index (κ3) is 1.85. The van der Waals surface area contributed by atoms with Crippen molar-refractivity contribution < 1.29 is 4.74 Å². The number of aromatic amines is 1. The van der Waals surface area contributed by atoms with Crippen molar-refractivity contribution in [3.8, 4) is 0 Å². The second kappa shape index (κ2) is 3.93. The van der Waals surface area contributed by atoms with Crippen molar-refractivity contribution in [2.45, 2.75) is 0 Å². The highest BCUT2D eigenvalue weighted by Gasteiger charge is 2.10. The summed E-state index contributed by atoms with van der Waals surface area (Å²) in [6.07, 6.45) is 1.69. The van der Waals surface area contributed by atoms with Crippen LogP contribution in [0.15, 0.2) is 17.1 Å². The molecular weight excluding hydrogens is 202 g/mol. The normalized spacial score (nSPS) is 17.0. The maximum absolute atomic E-state index is 10.9. The lowest BCUT2D eigenvalue weighted by atomic mass is 10.5. The number of ether oxygens (including phenoxy) is 1. The molecule has 0 amide bonds. The molecule has 1 saturated heterocycles. The number of morpholine rings is 1. The third-order valence-electron chi connectivity index (χ3n) is 2.10. The molecule has 0 unspecified atom stereocenters. The van der Waals surface area contributed by atoms with Crippen LogP contribution in [0.1, 0.15) is 0 Å². The lowest BCUT2D eigenvalue weighted by Crippen LogP contribution is -2.44. The number of aromatic nitrogens is 2. The Kier molecular flexibility index (Phi) is 2.64. The van der Waals surface area contributed by atoms with Gasteiger partial charge in [-0.2, -0.15) is 0 Å². The summed E-state index contributed by atoms with van der Waals surface area (Å²) >= 11 is 5.05. The largest absolute Gasteiger partial charge is 0.378 e. The fraction of sp³-hybridized carbons (Fsp3) is 0.500. The molecule has 2 heterocycles. The van der Waals surface area contributed by atoms with Gasteiger partial charge in [0, 0.05) is 12.3 Å². The van der Waals surface area contributed by atoms with Crippen LogP contribution in [0.2, 0.25) is 0 Å². The lowest BCUT2D eigenvalue weighted by molar-refractivity contribution is 0.110. The SMILES string of the molecule is O=c1ccn(N2CCOCC2)c(=S)[nH]1. The van der Waals surface area contributed by atoms with Crippen molar-refractivity contribution in [3.05, 3.63) is 27.4 Å². The Morgan fingerprint density at radius 1 is 1.43 bits per heavy atom. The first-order chi connectivity index (χ1) is 6.77. The molecule has 0 aliphatic carbocycles. The molecule has 1 aromatic rings. The molecule has 1 aliphatic heterocycles. The maximum Gasteiger partial charge on any atom is 0.251 e. The zero-order chi connectivity index (χ0) is 9.97. The van der Waals surface area contributed by atoms with E-state index in [1.165, 1.54) is 6.07 Å². The van der Waals surface area contributed by atoms with Gasteiger partial charge in [-0.15, -0.1) is 0 Å². The summed E-state index contributed by atoms with van der Waals surface area (Å²) < 4.78 is 7.43. The van der Waals surface area contributed by atoms with Crippen LogP contribution in [0.3, 0.4) is 0 Å². The molecule has 6 heteroatoms. The minimum Gasteiger partial charge on any atom is -0.378 e. The molecular formula is C8H11N3O2S. The van der Waals surface area contributed by atoms with Crippen LogP contribution in [0, 0.1) is 4.77 Å². The zero-order valence-corrected chi connectivity index (χ0v) is 8.42. The van der Waals surface area contributed by atoms with E-state index in [9.17, 15) is 4.79 Å². The predicted octanol–water partition coefficient (Wildman–Crippen LogP) is -0.126. The summed E-state index contributed by atoms with van der Waals surface area (Å²) in [5.74, 6) is 0. The number of rotatable bonds is 1. The second-order valence-corrected chi connectivity index (χ2v) is 3.41. The van der Waals surface area contributed by atoms with Gasteiger partial charge in [-0.3, -0.25) is 9.78 Å². The summed E-state index contributed by atoms with van der Waals surface area (Å²) in [5.41, 5.74) is -0.167. The predicted molar refractivity (Wildman–Crippen MR) is 54.7 cm³/mol. The highest BCUT2D eigenvalue weighted by molar-refractivity contribution is 7.71. The lowest BCUT2D eigenvalue weighted by Gasteiger charge is -2.30. The smallest absolute Gasteiger partial charge is 0.251 e. The Bertz CT molecular complexity index is 419. The van der Waals surface area contributed by atoms with Crippen molar-refractivity contribution in [1.82, 2.24) is 9.66 Å². The third-order valence-corrected chi connectivity index (χ3v) is 2.39. The van der Waals surface area contributed by atoms with Crippen LogP contribution in [0.25, 0.3) is 0 Å². The minimum absolute atomic E-state index is 0.167. The molecule has 0 radical (unpaired) electrons. The van der Waals surface area contributed by atoms with Crippen molar-refractivity contribution >= 4 is 12.2 Å². The quantitative estimate of drug-likeness (QED) is 0.660. The molecule has 14 heavy (non-hydrogen) atoms. The van der Waals surface area contributed by atoms with E-state index in [-0.39, 0.29) is 5.56 Å². The monoisotopic (exact) mass is 213 g/mol. The first kappa shape index (κ1) is 9.42. The van der Waals surface area contributed by atoms with E-state index >= 15 is 0 Å². The molecule has 76 valence electrons. The van der Waals surface area contributed by atoms with E-state index in [2.05, 4.69) is 4.98 Å². The van der Waals surface area contributed by atoms with E-state index in [0.717, 1.165) is 13.1 Å². The molecule has 5 nitrogen and oxygen atoms in total. The minimum atomic E-state index is -0.167. The van der Waals surface area contributed by atoms with E-state index in [0.29, 0.717) is 18.0 Å². The van der Waals surface area contributed by atoms with Crippen LogP contribution >= 0.6 is 12.2 Å². The second-order valence-electron chi connectivity index (χ2n) is 3.02. The molecule has 0 bridgehead atoms. The fourth-order valence-corrected chi connectivity index (χ4v) is 1.68. The van der Waals surface area contributed by atoms with Crippen LogP contribution < -0.4 is 10.6 Å². The molecule has 1 aliphatic rings. The maximum atomic E-state index is 10.9. The van der Waals surface area contributed by atoms with Gasteiger partial charge >= 0.3 is 0 Å². The molecule has 0 saturated carbocycles. The van der Waals surface area contributed by atoms with Crippen LogP contribution in [-0.4, -0.2) is 36.0 Å². The highest BCUT2D eigenvalue weighted by atomic mass is 32.1. The Morgan fingerprint density at radius 2 is 2.14 bits per heavy atom. The van der Waals surface area contributed by atoms with Crippen molar-refractivity contribution in [1.29, 1.82) is 0 Å². The number of hydrogen-bond donors (Lipinski definition) is 1. The number of nitrogens with one attached hydrogen (secondary N) is 1. The Hall–Kier alpha value is -1.14. The zero-order valence-electron chi connectivity index (χ0n) is 7.60. The van der Waals surface area contributed by atoms with Gasteiger partial charge in [0.2, 0.25) is 0 Å². The van der Waals surface area contributed by atoms with Crippen molar-refractivity contribution in [2.24, 2.45) is 0 Å². The van der Waals surface area contributed by atoms with Crippen molar-refractivity contribution in [2.75, 3.05) is 31.3 Å². The average Bonchev–Trinajstić information content (AvgIpc) is 2.19.